The van der Waals surface area contributed by atoms with E-state index in [0.717, 1.165) is 37.3 Å². The van der Waals surface area contributed by atoms with Crippen molar-refractivity contribution >= 4 is 5.97 Å². The molecule has 1 aromatic heterocycles. The molecule has 0 radical (unpaired) electrons. The predicted octanol–water partition coefficient (Wildman–Crippen LogP) is 1.83. The van der Waals surface area contributed by atoms with E-state index in [4.69, 9.17) is 5.11 Å². The van der Waals surface area contributed by atoms with Crippen molar-refractivity contribution in [3.8, 4) is 0 Å². The lowest BCUT2D eigenvalue weighted by atomic mass is 10.1. The summed E-state index contributed by atoms with van der Waals surface area (Å²) in [5.41, 5.74) is 1.41. The molecule has 0 aliphatic rings. The monoisotopic (exact) mass is 259 g/mol. The lowest BCUT2D eigenvalue weighted by molar-refractivity contribution is 0.0697. The molecular formula is C14H17N3O2. The Balaban J connectivity index is 1.66. The summed E-state index contributed by atoms with van der Waals surface area (Å²) in [6.07, 6.45) is 5.53. The van der Waals surface area contributed by atoms with E-state index in [9.17, 15) is 4.79 Å². The average Bonchev–Trinajstić information content (AvgIpc) is 2.92. The summed E-state index contributed by atoms with van der Waals surface area (Å²) in [7, 11) is 0. The van der Waals surface area contributed by atoms with Gasteiger partial charge in [-0.3, -0.25) is 0 Å². The molecule has 2 rings (SSSR count). The van der Waals surface area contributed by atoms with Gasteiger partial charge in [-0.15, -0.1) is 0 Å². The van der Waals surface area contributed by atoms with Crippen LogP contribution in [0.3, 0.4) is 0 Å². The van der Waals surface area contributed by atoms with E-state index in [0.29, 0.717) is 5.56 Å². The molecule has 5 nitrogen and oxygen atoms in total. The highest BCUT2D eigenvalue weighted by Gasteiger charge is 2.01. The van der Waals surface area contributed by atoms with Crippen LogP contribution in [0.5, 0.6) is 0 Å². The molecule has 0 spiro atoms. The minimum absolute atomic E-state index is 0.321. The Kier molecular flexibility index (Phi) is 4.69. The maximum Gasteiger partial charge on any atom is 0.335 e. The highest BCUT2D eigenvalue weighted by molar-refractivity contribution is 5.87. The molecule has 2 aromatic rings. The van der Waals surface area contributed by atoms with Crippen LogP contribution in [0.2, 0.25) is 0 Å². The summed E-state index contributed by atoms with van der Waals surface area (Å²) in [5.74, 6) is 0.116. The van der Waals surface area contributed by atoms with Gasteiger partial charge in [0.25, 0.3) is 0 Å². The van der Waals surface area contributed by atoms with Gasteiger partial charge in [0.1, 0.15) is 5.82 Å². The molecule has 0 aliphatic heterocycles. The molecule has 5 heteroatoms. The van der Waals surface area contributed by atoms with Gasteiger partial charge in [-0.1, -0.05) is 12.1 Å². The van der Waals surface area contributed by atoms with Crippen molar-refractivity contribution in [3.63, 3.8) is 0 Å². The van der Waals surface area contributed by atoms with Gasteiger partial charge in [0.15, 0.2) is 0 Å². The first-order valence-electron chi connectivity index (χ1n) is 6.27. The summed E-state index contributed by atoms with van der Waals surface area (Å²) in [6.45, 7) is 1.65. The second-order valence-corrected chi connectivity index (χ2v) is 4.32. The normalized spacial score (nSPS) is 10.5. The van der Waals surface area contributed by atoms with Crippen LogP contribution < -0.4 is 5.32 Å². The van der Waals surface area contributed by atoms with Gasteiger partial charge in [-0.05, 0) is 30.7 Å². The molecule has 100 valence electrons. The second-order valence-electron chi connectivity index (χ2n) is 4.32. The zero-order valence-electron chi connectivity index (χ0n) is 10.6. The van der Waals surface area contributed by atoms with E-state index in [1.165, 1.54) is 0 Å². The molecule has 1 heterocycles. The summed E-state index contributed by atoms with van der Waals surface area (Å²) in [4.78, 5) is 17.9. The third kappa shape index (κ3) is 4.22. The van der Waals surface area contributed by atoms with Crippen molar-refractivity contribution in [2.45, 2.75) is 19.4 Å². The molecule has 19 heavy (non-hydrogen) atoms. The van der Waals surface area contributed by atoms with Gasteiger partial charge in [0.2, 0.25) is 0 Å². The number of imidazole rings is 1. The van der Waals surface area contributed by atoms with E-state index < -0.39 is 5.97 Å². The number of aromatic nitrogens is 2. The molecule has 0 atom stereocenters. The number of aromatic amines is 1. The van der Waals surface area contributed by atoms with E-state index in [2.05, 4.69) is 15.3 Å². The number of carbonyl (C=O) groups is 1. The smallest absolute Gasteiger partial charge is 0.335 e. The highest BCUT2D eigenvalue weighted by atomic mass is 16.4. The van der Waals surface area contributed by atoms with Crippen molar-refractivity contribution < 1.29 is 9.90 Å². The van der Waals surface area contributed by atoms with E-state index in [1.807, 2.05) is 18.3 Å². The SMILES string of the molecule is O=C(O)c1ccc(CNCCCc2ncc[nH]2)cc1. The van der Waals surface area contributed by atoms with Crippen LogP contribution in [0.25, 0.3) is 0 Å². The van der Waals surface area contributed by atoms with Gasteiger partial charge < -0.3 is 15.4 Å². The van der Waals surface area contributed by atoms with Crippen LogP contribution in [-0.4, -0.2) is 27.6 Å². The quantitative estimate of drug-likeness (QED) is 0.663. The number of nitrogens with one attached hydrogen (secondary N) is 2. The Morgan fingerprint density at radius 3 is 2.74 bits per heavy atom. The number of benzene rings is 1. The van der Waals surface area contributed by atoms with Crippen molar-refractivity contribution in [1.82, 2.24) is 15.3 Å². The molecule has 0 aliphatic carbocycles. The number of aryl methyl sites for hydroxylation is 1. The predicted molar refractivity (Wildman–Crippen MR) is 72.0 cm³/mol. The molecule has 0 unspecified atom stereocenters. The first-order chi connectivity index (χ1) is 9.25. The Morgan fingerprint density at radius 1 is 1.32 bits per heavy atom. The Labute approximate surface area is 111 Å². The topological polar surface area (TPSA) is 78.0 Å². The van der Waals surface area contributed by atoms with Gasteiger partial charge in [0, 0.05) is 25.4 Å². The number of hydrogen-bond donors (Lipinski definition) is 3. The fourth-order valence-electron chi connectivity index (χ4n) is 1.81. The number of hydrogen-bond acceptors (Lipinski definition) is 3. The van der Waals surface area contributed by atoms with Crippen LogP contribution in [0.1, 0.15) is 28.2 Å². The summed E-state index contributed by atoms with van der Waals surface area (Å²) in [5, 5.41) is 12.1. The summed E-state index contributed by atoms with van der Waals surface area (Å²) < 4.78 is 0. The fraction of sp³-hybridized carbons (Fsp3) is 0.286. The maximum atomic E-state index is 10.7. The van der Waals surface area contributed by atoms with E-state index in [-0.39, 0.29) is 0 Å². The van der Waals surface area contributed by atoms with Crippen LogP contribution >= 0.6 is 0 Å². The van der Waals surface area contributed by atoms with Gasteiger partial charge in [0.05, 0.1) is 5.56 Å². The first kappa shape index (κ1) is 13.3. The van der Waals surface area contributed by atoms with Gasteiger partial charge in [-0.2, -0.15) is 0 Å². The van der Waals surface area contributed by atoms with Crippen LogP contribution in [0.4, 0.5) is 0 Å². The van der Waals surface area contributed by atoms with Crippen molar-refractivity contribution in [3.05, 3.63) is 53.6 Å². The molecule has 3 N–H and O–H groups in total. The van der Waals surface area contributed by atoms with Crippen molar-refractivity contribution in [1.29, 1.82) is 0 Å². The first-order valence-corrected chi connectivity index (χ1v) is 6.27. The minimum Gasteiger partial charge on any atom is -0.478 e. The van der Waals surface area contributed by atoms with Crippen molar-refractivity contribution in [2.75, 3.05) is 6.54 Å². The lowest BCUT2D eigenvalue weighted by Crippen LogP contribution is -2.15. The number of carboxylic acid groups (broad SMARTS) is 1. The maximum absolute atomic E-state index is 10.7. The lowest BCUT2D eigenvalue weighted by Gasteiger charge is -2.04. The zero-order chi connectivity index (χ0) is 13.5. The van der Waals surface area contributed by atoms with Gasteiger partial charge in [-0.25, -0.2) is 9.78 Å². The summed E-state index contributed by atoms with van der Waals surface area (Å²) >= 11 is 0. The third-order valence-corrected chi connectivity index (χ3v) is 2.85. The molecule has 0 fully saturated rings. The summed E-state index contributed by atoms with van der Waals surface area (Å²) in [6, 6.07) is 6.93. The standard InChI is InChI=1S/C14H17N3O2/c18-14(19)12-5-3-11(4-6-12)10-15-7-1-2-13-16-8-9-17-13/h3-6,8-9,15H,1-2,7,10H2,(H,16,17)(H,18,19). The number of nitrogens with zero attached hydrogens (tertiary/aromatic N) is 1. The number of carboxylic acids is 1. The van der Waals surface area contributed by atoms with E-state index >= 15 is 0 Å². The third-order valence-electron chi connectivity index (χ3n) is 2.85. The number of H-pyrrole nitrogens is 1. The highest BCUT2D eigenvalue weighted by Crippen LogP contribution is 2.04. The zero-order valence-corrected chi connectivity index (χ0v) is 10.6. The Hall–Kier alpha value is -2.14. The van der Waals surface area contributed by atoms with Crippen LogP contribution in [0, 0.1) is 0 Å². The molecular weight excluding hydrogens is 242 g/mol. The molecule has 0 amide bonds. The van der Waals surface area contributed by atoms with Gasteiger partial charge >= 0.3 is 5.97 Å². The largest absolute Gasteiger partial charge is 0.478 e. The van der Waals surface area contributed by atoms with Crippen LogP contribution in [-0.2, 0) is 13.0 Å². The Bertz CT molecular complexity index is 506. The Morgan fingerprint density at radius 2 is 2.11 bits per heavy atom. The molecule has 1 aromatic carbocycles. The second kappa shape index (κ2) is 6.70. The molecule has 0 saturated heterocycles. The molecule has 0 bridgehead atoms. The van der Waals surface area contributed by atoms with Crippen molar-refractivity contribution in [2.24, 2.45) is 0 Å². The van der Waals surface area contributed by atoms with E-state index in [1.54, 1.807) is 18.3 Å². The number of aromatic carboxylic acids is 1. The fourth-order valence-corrected chi connectivity index (χ4v) is 1.81. The average molecular weight is 259 g/mol. The minimum atomic E-state index is -0.891. The molecule has 0 saturated carbocycles. The number of rotatable bonds is 7. The van der Waals surface area contributed by atoms with Crippen LogP contribution in [0.15, 0.2) is 36.7 Å².